The van der Waals surface area contributed by atoms with Gasteiger partial charge in [-0.1, -0.05) is 52.3 Å². The molecule has 0 radical (unpaired) electrons. The molecule has 0 bridgehead atoms. The van der Waals surface area contributed by atoms with Gasteiger partial charge in [0.2, 0.25) is 0 Å². The zero-order valence-corrected chi connectivity index (χ0v) is 18.4. The summed E-state index contributed by atoms with van der Waals surface area (Å²) in [6.07, 6.45) is 7.78. The summed E-state index contributed by atoms with van der Waals surface area (Å²) in [5.74, 6) is 0.274. The number of phenolic OH excluding ortho intramolecular Hbond substituents is 1. The predicted molar refractivity (Wildman–Crippen MR) is 116 cm³/mol. The third kappa shape index (κ3) is 3.58. The van der Waals surface area contributed by atoms with Crippen LogP contribution in [0.5, 0.6) is 11.5 Å². The quantitative estimate of drug-likeness (QED) is 0.389. The van der Waals surface area contributed by atoms with E-state index >= 15 is 0 Å². The van der Waals surface area contributed by atoms with Crippen LogP contribution in [-0.2, 0) is 9.53 Å². The Hall–Kier alpha value is -2.23. The standard InChI is InChI=1S/C25H34O4/c1-17-19(15-24(4)13-7-12-23(2,3)25(17,24)5)16-29-22(27)11-9-18-8-10-20(26)21(14-18)28-6/h8-11,14,19,26H,1,7,12-13,15-16H2,2-6H3. The molecule has 2 aliphatic rings. The normalized spacial score (nSPS) is 30.9. The Labute approximate surface area is 174 Å². The Balaban J connectivity index is 1.65. The van der Waals surface area contributed by atoms with Gasteiger partial charge in [0, 0.05) is 12.0 Å². The van der Waals surface area contributed by atoms with Crippen molar-refractivity contribution in [3.05, 3.63) is 42.0 Å². The summed E-state index contributed by atoms with van der Waals surface area (Å²) in [6.45, 7) is 14.3. The molecule has 2 fully saturated rings. The third-order valence-corrected chi connectivity index (χ3v) is 7.97. The maximum absolute atomic E-state index is 12.3. The average Bonchev–Trinajstić information content (AvgIpc) is 2.88. The Bertz CT molecular complexity index is 837. The molecule has 0 aromatic heterocycles. The number of carbonyl (C=O) groups excluding carboxylic acids is 1. The lowest BCUT2D eigenvalue weighted by Gasteiger charge is -2.56. The number of hydrogen-bond donors (Lipinski definition) is 1. The van der Waals surface area contributed by atoms with E-state index in [-0.39, 0.29) is 33.9 Å². The second-order valence-electron chi connectivity index (χ2n) is 9.74. The molecule has 1 N–H and O–H groups in total. The number of carbonyl (C=O) groups is 1. The number of benzene rings is 1. The minimum atomic E-state index is -0.366. The van der Waals surface area contributed by atoms with Crippen LogP contribution in [0.3, 0.4) is 0 Å². The molecular formula is C25H34O4. The molecule has 2 aliphatic carbocycles. The molecule has 1 aromatic carbocycles. The summed E-state index contributed by atoms with van der Waals surface area (Å²) in [7, 11) is 1.49. The van der Waals surface area contributed by atoms with E-state index in [0.29, 0.717) is 12.4 Å². The van der Waals surface area contributed by atoms with Crippen LogP contribution in [0.1, 0.15) is 58.9 Å². The molecule has 0 saturated heterocycles. The lowest BCUT2D eigenvalue weighted by atomic mass is 9.48. The maximum atomic E-state index is 12.3. The molecular weight excluding hydrogens is 364 g/mol. The lowest BCUT2D eigenvalue weighted by molar-refractivity contribution is -0.138. The van der Waals surface area contributed by atoms with Gasteiger partial charge in [-0.15, -0.1) is 0 Å². The zero-order valence-electron chi connectivity index (χ0n) is 18.4. The first-order valence-corrected chi connectivity index (χ1v) is 10.5. The van der Waals surface area contributed by atoms with Crippen molar-refractivity contribution in [2.75, 3.05) is 13.7 Å². The molecule has 0 heterocycles. The summed E-state index contributed by atoms with van der Waals surface area (Å²) in [6, 6.07) is 4.93. The van der Waals surface area contributed by atoms with Crippen molar-refractivity contribution < 1.29 is 19.4 Å². The minimum absolute atomic E-state index is 0.0633. The average molecular weight is 399 g/mol. The molecule has 1 aromatic rings. The fourth-order valence-electron chi connectivity index (χ4n) is 5.79. The van der Waals surface area contributed by atoms with Crippen molar-refractivity contribution in [3.8, 4) is 11.5 Å². The monoisotopic (exact) mass is 398 g/mol. The second kappa shape index (κ2) is 7.55. The van der Waals surface area contributed by atoms with Crippen molar-refractivity contribution in [2.24, 2.45) is 22.2 Å². The number of ether oxygens (including phenoxy) is 2. The van der Waals surface area contributed by atoms with E-state index in [9.17, 15) is 9.90 Å². The first-order chi connectivity index (χ1) is 13.5. The van der Waals surface area contributed by atoms with Crippen molar-refractivity contribution >= 4 is 12.0 Å². The molecule has 4 nitrogen and oxygen atoms in total. The Morgan fingerprint density at radius 1 is 1.28 bits per heavy atom. The topological polar surface area (TPSA) is 55.8 Å². The fourth-order valence-corrected chi connectivity index (χ4v) is 5.79. The van der Waals surface area contributed by atoms with Crippen molar-refractivity contribution in [1.29, 1.82) is 0 Å². The Morgan fingerprint density at radius 2 is 2.00 bits per heavy atom. The number of fused-ring (bicyclic) bond motifs is 1. The SMILES string of the molecule is C=C1C(COC(=O)C=Cc2ccc(O)c(OC)c2)CC2(C)CCCC(C)(C)C12C. The summed E-state index contributed by atoms with van der Waals surface area (Å²) >= 11 is 0. The first-order valence-electron chi connectivity index (χ1n) is 10.5. The largest absolute Gasteiger partial charge is 0.504 e. The third-order valence-electron chi connectivity index (χ3n) is 7.97. The van der Waals surface area contributed by atoms with Crippen LogP contribution in [0.2, 0.25) is 0 Å². The Kier molecular flexibility index (Phi) is 5.59. The second-order valence-corrected chi connectivity index (χ2v) is 9.74. The lowest BCUT2D eigenvalue weighted by Crippen LogP contribution is -2.48. The highest BCUT2D eigenvalue weighted by Crippen LogP contribution is 2.70. The van der Waals surface area contributed by atoms with Gasteiger partial charge in [0.05, 0.1) is 13.7 Å². The van der Waals surface area contributed by atoms with Crippen LogP contribution >= 0.6 is 0 Å². The van der Waals surface area contributed by atoms with Gasteiger partial charge in [-0.2, -0.15) is 0 Å². The van der Waals surface area contributed by atoms with Crippen LogP contribution < -0.4 is 4.74 Å². The number of phenols is 1. The van der Waals surface area contributed by atoms with Gasteiger partial charge in [-0.25, -0.2) is 4.79 Å². The summed E-state index contributed by atoms with van der Waals surface area (Å²) in [5, 5.41) is 9.66. The van der Waals surface area contributed by atoms with E-state index in [2.05, 4.69) is 34.3 Å². The molecule has 0 spiro atoms. The van der Waals surface area contributed by atoms with E-state index < -0.39 is 0 Å². The molecule has 0 aliphatic heterocycles. The fraction of sp³-hybridized carbons (Fsp3) is 0.560. The van der Waals surface area contributed by atoms with Crippen molar-refractivity contribution in [2.45, 2.75) is 53.4 Å². The van der Waals surface area contributed by atoms with Crippen LogP contribution in [-0.4, -0.2) is 24.8 Å². The van der Waals surface area contributed by atoms with Crippen LogP contribution in [0.15, 0.2) is 36.4 Å². The summed E-state index contributed by atoms with van der Waals surface area (Å²) in [4.78, 5) is 12.3. The van der Waals surface area contributed by atoms with Gasteiger partial charge in [-0.3, -0.25) is 0 Å². The van der Waals surface area contributed by atoms with Gasteiger partial charge < -0.3 is 14.6 Å². The van der Waals surface area contributed by atoms with E-state index in [4.69, 9.17) is 9.47 Å². The molecule has 29 heavy (non-hydrogen) atoms. The number of rotatable bonds is 5. The highest BCUT2D eigenvalue weighted by molar-refractivity contribution is 5.87. The Morgan fingerprint density at radius 3 is 2.66 bits per heavy atom. The van der Waals surface area contributed by atoms with Crippen LogP contribution in [0.25, 0.3) is 6.08 Å². The van der Waals surface area contributed by atoms with E-state index in [0.717, 1.165) is 12.0 Å². The van der Waals surface area contributed by atoms with Gasteiger partial charge in [-0.05, 0) is 59.3 Å². The van der Waals surface area contributed by atoms with Crippen LogP contribution in [0, 0.1) is 22.2 Å². The smallest absolute Gasteiger partial charge is 0.330 e. The molecule has 3 unspecified atom stereocenters. The molecule has 3 rings (SSSR count). The van der Waals surface area contributed by atoms with Crippen molar-refractivity contribution in [3.63, 3.8) is 0 Å². The van der Waals surface area contributed by atoms with Crippen LogP contribution in [0.4, 0.5) is 0 Å². The molecule has 2 saturated carbocycles. The molecule has 4 heteroatoms. The van der Waals surface area contributed by atoms with Gasteiger partial charge >= 0.3 is 5.97 Å². The predicted octanol–water partition coefficient (Wildman–Crippen LogP) is 5.76. The summed E-state index contributed by atoms with van der Waals surface area (Å²) in [5.41, 5.74) is 2.47. The molecule has 3 atom stereocenters. The minimum Gasteiger partial charge on any atom is -0.504 e. The van der Waals surface area contributed by atoms with Gasteiger partial charge in [0.1, 0.15) is 0 Å². The highest BCUT2D eigenvalue weighted by atomic mass is 16.5. The van der Waals surface area contributed by atoms with E-state index in [1.807, 2.05) is 0 Å². The number of methoxy groups -OCH3 is 1. The van der Waals surface area contributed by atoms with E-state index in [1.165, 1.54) is 44.1 Å². The van der Waals surface area contributed by atoms with Crippen molar-refractivity contribution in [1.82, 2.24) is 0 Å². The highest BCUT2D eigenvalue weighted by Gasteiger charge is 2.62. The van der Waals surface area contributed by atoms with Gasteiger partial charge in [0.15, 0.2) is 11.5 Å². The number of hydrogen-bond acceptors (Lipinski definition) is 4. The van der Waals surface area contributed by atoms with E-state index in [1.54, 1.807) is 18.2 Å². The van der Waals surface area contributed by atoms with Gasteiger partial charge in [0.25, 0.3) is 0 Å². The first kappa shape index (κ1) is 21.5. The zero-order chi connectivity index (χ0) is 21.4. The summed E-state index contributed by atoms with van der Waals surface area (Å²) < 4.78 is 10.7. The number of esters is 1. The molecule has 158 valence electrons. The molecule has 0 amide bonds. The maximum Gasteiger partial charge on any atom is 0.330 e. The number of aromatic hydroxyl groups is 1.